The molecule has 164 valence electrons. The minimum absolute atomic E-state index is 0.00754. The number of amides is 3. The van der Waals surface area contributed by atoms with Gasteiger partial charge >= 0.3 is 0 Å². The highest BCUT2D eigenvalue weighted by atomic mass is 32.2. The zero-order valence-electron chi connectivity index (χ0n) is 17.7. The Kier molecular flexibility index (Phi) is 7.07. The molecule has 1 saturated heterocycles. The number of rotatable bonds is 8. The molecule has 0 radical (unpaired) electrons. The molecule has 7 heteroatoms. The van der Waals surface area contributed by atoms with Gasteiger partial charge in [0.15, 0.2) is 0 Å². The van der Waals surface area contributed by atoms with Crippen molar-refractivity contribution >= 4 is 46.5 Å². The zero-order chi connectivity index (χ0) is 22.5. The molecule has 2 aromatic carbocycles. The van der Waals surface area contributed by atoms with Gasteiger partial charge in [0.25, 0.3) is 5.91 Å². The fraction of sp³-hybridized carbons (Fsp3) is 0.240. The van der Waals surface area contributed by atoms with Crippen molar-refractivity contribution in [2.45, 2.75) is 41.8 Å². The van der Waals surface area contributed by atoms with E-state index in [0.717, 1.165) is 9.77 Å². The zero-order valence-corrected chi connectivity index (χ0v) is 19.4. The summed E-state index contributed by atoms with van der Waals surface area (Å²) in [6, 6.07) is 21.6. The predicted octanol–water partition coefficient (Wildman–Crippen LogP) is 4.98. The minimum atomic E-state index is -0.812. The number of hydrogen-bond acceptors (Lipinski definition) is 5. The van der Waals surface area contributed by atoms with E-state index in [1.165, 1.54) is 16.7 Å². The van der Waals surface area contributed by atoms with Gasteiger partial charge < -0.3 is 4.90 Å². The lowest BCUT2D eigenvalue weighted by atomic mass is 10.1. The molecule has 32 heavy (non-hydrogen) atoms. The molecular weight excluding hydrogens is 440 g/mol. The Bertz CT molecular complexity index is 1070. The molecule has 4 rings (SSSR count). The second-order valence-corrected chi connectivity index (χ2v) is 9.97. The van der Waals surface area contributed by atoms with Crippen LogP contribution in [0.15, 0.2) is 82.4 Å². The van der Waals surface area contributed by atoms with Gasteiger partial charge in [-0.1, -0.05) is 61.5 Å². The van der Waals surface area contributed by atoms with Crippen molar-refractivity contribution in [1.82, 2.24) is 4.90 Å². The van der Waals surface area contributed by atoms with Crippen LogP contribution < -0.4 is 4.90 Å². The van der Waals surface area contributed by atoms with Gasteiger partial charge in [-0.2, -0.15) is 0 Å². The third kappa shape index (κ3) is 4.79. The first kappa shape index (κ1) is 22.3. The van der Waals surface area contributed by atoms with Gasteiger partial charge in [0.2, 0.25) is 11.8 Å². The summed E-state index contributed by atoms with van der Waals surface area (Å²) in [5.74, 6) is -0.742. The van der Waals surface area contributed by atoms with E-state index in [-0.39, 0.29) is 35.9 Å². The van der Waals surface area contributed by atoms with E-state index >= 15 is 0 Å². The molecule has 2 atom stereocenters. The number of thioether (sulfide) groups is 1. The first-order chi connectivity index (χ1) is 15.6. The van der Waals surface area contributed by atoms with Gasteiger partial charge in [0.05, 0.1) is 21.6 Å². The van der Waals surface area contributed by atoms with Crippen LogP contribution in [0.5, 0.6) is 0 Å². The Morgan fingerprint density at radius 1 is 1.06 bits per heavy atom. The highest BCUT2D eigenvalue weighted by Crippen LogP contribution is 2.33. The van der Waals surface area contributed by atoms with Crippen LogP contribution >= 0.6 is 23.1 Å². The van der Waals surface area contributed by atoms with Crippen LogP contribution in [0.1, 0.15) is 25.3 Å². The fourth-order valence-corrected chi connectivity index (χ4v) is 5.82. The Balaban J connectivity index is 1.64. The molecule has 1 aliphatic heterocycles. The number of hydrogen-bond donors (Lipinski definition) is 0. The topological polar surface area (TPSA) is 57.7 Å². The summed E-state index contributed by atoms with van der Waals surface area (Å²) in [5, 5.41) is 1.66. The molecule has 1 aromatic heterocycles. The SMILES string of the molecule is CCC(Sc1cccs1)C(=O)N(Cc1ccccc1)C1CC(=O)N(c2ccccc2)C1=O. The number of anilines is 1. The number of imide groups is 1. The molecular formula is C25H24N2O3S2. The van der Waals surface area contributed by atoms with Crippen molar-refractivity contribution in [2.75, 3.05) is 4.90 Å². The average Bonchev–Trinajstić information content (AvgIpc) is 3.44. The first-order valence-electron chi connectivity index (χ1n) is 10.5. The van der Waals surface area contributed by atoms with Crippen molar-refractivity contribution in [2.24, 2.45) is 0 Å². The fourth-order valence-electron chi connectivity index (χ4n) is 3.79. The van der Waals surface area contributed by atoms with Crippen LogP contribution in [0.4, 0.5) is 5.69 Å². The summed E-state index contributed by atoms with van der Waals surface area (Å²) in [4.78, 5) is 42.8. The Labute approximate surface area is 196 Å². The summed E-state index contributed by atoms with van der Waals surface area (Å²) in [6.45, 7) is 2.26. The van der Waals surface area contributed by atoms with Crippen LogP contribution in [0.2, 0.25) is 0 Å². The van der Waals surface area contributed by atoms with E-state index in [0.29, 0.717) is 12.1 Å². The van der Waals surface area contributed by atoms with E-state index in [9.17, 15) is 14.4 Å². The van der Waals surface area contributed by atoms with Gasteiger partial charge in [0, 0.05) is 6.54 Å². The molecule has 1 fully saturated rings. The summed E-state index contributed by atoms with van der Waals surface area (Å²) in [5.41, 5.74) is 1.47. The highest BCUT2D eigenvalue weighted by Gasteiger charge is 2.45. The standard InChI is InChI=1S/C25H24N2O3S2/c1-2-21(32-23-14-9-15-31-23)25(30)26(17-18-10-5-3-6-11-18)20-16-22(28)27(24(20)29)19-12-7-4-8-13-19/h3-15,20-21H,2,16-17H2,1H3. The van der Waals surface area contributed by atoms with E-state index < -0.39 is 6.04 Å². The van der Waals surface area contributed by atoms with Crippen LogP contribution in [-0.4, -0.2) is 33.9 Å². The molecule has 1 aliphatic rings. The Morgan fingerprint density at radius 3 is 2.38 bits per heavy atom. The number of carbonyl (C=O) groups is 3. The van der Waals surface area contributed by atoms with Crippen molar-refractivity contribution in [3.05, 3.63) is 83.7 Å². The van der Waals surface area contributed by atoms with E-state index in [1.54, 1.807) is 40.5 Å². The van der Waals surface area contributed by atoms with E-state index in [1.807, 2.05) is 60.8 Å². The van der Waals surface area contributed by atoms with Crippen LogP contribution in [0.25, 0.3) is 0 Å². The third-order valence-electron chi connectivity index (χ3n) is 5.39. The minimum Gasteiger partial charge on any atom is -0.325 e. The summed E-state index contributed by atoms with van der Waals surface area (Å²) >= 11 is 3.11. The quantitative estimate of drug-likeness (QED) is 0.349. The predicted molar refractivity (Wildman–Crippen MR) is 129 cm³/mol. The largest absolute Gasteiger partial charge is 0.325 e. The number of thiophene rings is 1. The second-order valence-electron chi connectivity index (χ2n) is 7.52. The van der Waals surface area contributed by atoms with Crippen LogP contribution in [0, 0.1) is 0 Å². The lowest BCUT2D eigenvalue weighted by Crippen LogP contribution is -2.48. The number of carbonyl (C=O) groups excluding carboxylic acids is 3. The van der Waals surface area contributed by atoms with Gasteiger partial charge in [-0.15, -0.1) is 23.1 Å². The molecule has 0 N–H and O–H groups in total. The third-order valence-corrected chi connectivity index (χ3v) is 7.82. The maximum Gasteiger partial charge on any atom is 0.257 e. The first-order valence-corrected chi connectivity index (χ1v) is 12.3. The molecule has 3 amide bonds. The highest BCUT2D eigenvalue weighted by molar-refractivity contribution is 8.02. The lowest BCUT2D eigenvalue weighted by molar-refractivity contribution is -0.138. The second kappa shape index (κ2) is 10.1. The number of nitrogens with zero attached hydrogens (tertiary/aromatic N) is 2. The van der Waals surface area contributed by atoms with Crippen LogP contribution in [0.3, 0.4) is 0 Å². The van der Waals surface area contributed by atoms with Crippen molar-refractivity contribution in [1.29, 1.82) is 0 Å². The number of benzene rings is 2. The molecule has 5 nitrogen and oxygen atoms in total. The van der Waals surface area contributed by atoms with Gasteiger partial charge in [0.1, 0.15) is 6.04 Å². The molecule has 2 heterocycles. The van der Waals surface area contributed by atoms with Crippen molar-refractivity contribution in [3.8, 4) is 0 Å². The molecule has 3 aromatic rings. The normalized spacial score (nSPS) is 16.9. The van der Waals surface area contributed by atoms with Crippen molar-refractivity contribution < 1.29 is 14.4 Å². The van der Waals surface area contributed by atoms with Crippen LogP contribution in [-0.2, 0) is 20.9 Å². The maximum atomic E-state index is 13.7. The number of para-hydroxylation sites is 1. The lowest BCUT2D eigenvalue weighted by Gasteiger charge is -2.30. The molecule has 0 spiro atoms. The van der Waals surface area contributed by atoms with Gasteiger partial charge in [-0.3, -0.25) is 14.4 Å². The summed E-state index contributed by atoms with van der Waals surface area (Å²) < 4.78 is 1.06. The molecule has 0 saturated carbocycles. The monoisotopic (exact) mass is 464 g/mol. The average molecular weight is 465 g/mol. The maximum absolute atomic E-state index is 13.7. The summed E-state index contributed by atoms with van der Waals surface area (Å²) in [7, 11) is 0. The van der Waals surface area contributed by atoms with Gasteiger partial charge in [-0.05, 0) is 35.6 Å². The Morgan fingerprint density at radius 2 is 1.75 bits per heavy atom. The molecule has 0 bridgehead atoms. The molecule has 2 unspecified atom stereocenters. The molecule has 0 aliphatic carbocycles. The van der Waals surface area contributed by atoms with E-state index in [2.05, 4.69) is 0 Å². The van der Waals surface area contributed by atoms with E-state index in [4.69, 9.17) is 0 Å². The van der Waals surface area contributed by atoms with Crippen molar-refractivity contribution in [3.63, 3.8) is 0 Å². The summed E-state index contributed by atoms with van der Waals surface area (Å²) in [6.07, 6.45) is 0.621. The Hall–Kier alpha value is -2.90. The van der Waals surface area contributed by atoms with Gasteiger partial charge in [-0.25, -0.2) is 4.90 Å². The smallest absolute Gasteiger partial charge is 0.257 e.